The van der Waals surface area contributed by atoms with Gasteiger partial charge in [0.05, 0.1) is 16.2 Å². The third kappa shape index (κ3) is 4.72. The van der Waals surface area contributed by atoms with E-state index in [2.05, 4.69) is 0 Å². The van der Waals surface area contributed by atoms with Crippen LogP contribution in [-0.4, -0.2) is 70.0 Å². The van der Waals surface area contributed by atoms with E-state index in [1.165, 1.54) is 25.1 Å². The molecule has 1 aliphatic rings. The number of phenolic OH excluding ortho intramolecular Hbond substituents is 1. The summed E-state index contributed by atoms with van der Waals surface area (Å²) < 4.78 is 48.1. The normalized spacial score (nSPS) is 18.9. The van der Waals surface area contributed by atoms with Crippen LogP contribution in [0.15, 0.2) is 23.1 Å². The van der Waals surface area contributed by atoms with E-state index in [0.29, 0.717) is 19.4 Å². The summed E-state index contributed by atoms with van der Waals surface area (Å²) in [7, 11) is -4.68. The Hall–Kier alpha value is -1.69. The lowest BCUT2D eigenvalue weighted by Crippen LogP contribution is -2.42. The fourth-order valence-electron chi connectivity index (χ4n) is 2.94. The van der Waals surface area contributed by atoms with Crippen molar-refractivity contribution in [2.45, 2.75) is 17.7 Å². The molecule has 1 aromatic carbocycles. The number of hydrogen-bond donors (Lipinski definition) is 2. The fraction of sp³-hybridized carbons (Fsp3) is 0.533. The van der Waals surface area contributed by atoms with E-state index in [0.717, 1.165) is 16.4 Å². The summed E-state index contributed by atoms with van der Waals surface area (Å²) in [5.41, 5.74) is -0.135. The molecule has 1 fully saturated rings. The number of piperidine rings is 1. The summed E-state index contributed by atoms with van der Waals surface area (Å²) in [6.45, 7) is 0.573. The second kappa shape index (κ2) is 7.51. The maximum atomic E-state index is 12.8. The standard InChI is InChI=1S/C15H23N3O6S2/c1-17(2)26(23,24)12-5-6-14(19)13(8-12)15(20)18-7-3-4-11(9-18)10-25(16,21)22/h5-6,8,11,19H,3-4,7,9-10H2,1-2H3,(H2,16,21,22). The number of hydrogen-bond acceptors (Lipinski definition) is 6. The molecule has 1 aliphatic heterocycles. The van der Waals surface area contributed by atoms with Gasteiger partial charge in [-0.1, -0.05) is 0 Å². The van der Waals surface area contributed by atoms with Crippen LogP contribution in [0.3, 0.4) is 0 Å². The molecule has 1 aromatic rings. The molecule has 1 atom stereocenters. The molecule has 1 amide bonds. The molecule has 3 N–H and O–H groups in total. The van der Waals surface area contributed by atoms with E-state index >= 15 is 0 Å². The van der Waals surface area contributed by atoms with Gasteiger partial charge >= 0.3 is 0 Å². The first-order valence-electron chi connectivity index (χ1n) is 7.97. The number of benzene rings is 1. The van der Waals surface area contributed by atoms with Crippen LogP contribution in [0.25, 0.3) is 0 Å². The van der Waals surface area contributed by atoms with Crippen LogP contribution in [-0.2, 0) is 20.0 Å². The van der Waals surface area contributed by atoms with E-state index < -0.39 is 26.0 Å². The molecule has 11 heteroatoms. The average Bonchev–Trinajstić information content (AvgIpc) is 2.53. The van der Waals surface area contributed by atoms with Crippen molar-refractivity contribution in [3.8, 4) is 5.75 Å². The topological polar surface area (TPSA) is 138 Å². The van der Waals surface area contributed by atoms with Gasteiger partial charge in [0, 0.05) is 27.2 Å². The van der Waals surface area contributed by atoms with Gasteiger partial charge in [0.2, 0.25) is 20.0 Å². The molecular formula is C15H23N3O6S2. The zero-order chi connectivity index (χ0) is 19.7. The maximum Gasteiger partial charge on any atom is 0.257 e. The molecule has 1 saturated heterocycles. The fourth-order valence-corrected chi connectivity index (χ4v) is 4.80. The molecule has 9 nitrogen and oxygen atoms in total. The second-order valence-corrected chi connectivity index (χ2v) is 10.4. The summed E-state index contributed by atoms with van der Waals surface area (Å²) in [6, 6.07) is 3.52. The molecule has 1 unspecified atom stereocenters. The van der Waals surface area contributed by atoms with Crippen LogP contribution in [0, 0.1) is 5.92 Å². The monoisotopic (exact) mass is 405 g/mol. The van der Waals surface area contributed by atoms with Crippen molar-refractivity contribution < 1.29 is 26.7 Å². The zero-order valence-electron chi connectivity index (χ0n) is 14.6. The van der Waals surface area contributed by atoms with Crippen molar-refractivity contribution in [3.05, 3.63) is 23.8 Å². The number of aromatic hydroxyl groups is 1. The van der Waals surface area contributed by atoms with Gasteiger partial charge in [-0.15, -0.1) is 0 Å². The number of primary sulfonamides is 1. The van der Waals surface area contributed by atoms with Crippen LogP contribution in [0.1, 0.15) is 23.2 Å². The van der Waals surface area contributed by atoms with E-state index in [4.69, 9.17) is 5.14 Å². The number of phenols is 1. The lowest BCUT2D eigenvalue weighted by Gasteiger charge is -2.32. The molecule has 1 heterocycles. The Morgan fingerprint density at radius 1 is 1.31 bits per heavy atom. The van der Waals surface area contributed by atoms with Crippen LogP contribution in [0.4, 0.5) is 0 Å². The predicted octanol–water partition coefficient (Wildman–Crippen LogP) is -0.217. The quantitative estimate of drug-likeness (QED) is 0.695. The minimum absolute atomic E-state index is 0.109. The highest BCUT2D eigenvalue weighted by Gasteiger charge is 2.29. The zero-order valence-corrected chi connectivity index (χ0v) is 16.3. The van der Waals surface area contributed by atoms with Gasteiger partial charge in [0.25, 0.3) is 5.91 Å². The van der Waals surface area contributed by atoms with Crippen molar-refractivity contribution in [1.29, 1.82) is 0 Å². The van der Waals surface area contributed by atoms with Gasteiger partial charge in [-0.25, -0.2) is 26.3 Å². The Labute approximate surface area is 153 Å². The first kappa shape index (κ1) is 20.6. The highest BCUT2D eigenvalue weighted by atomic mass is 32.2. The molecule has 146 valence electrons. The van der Waals surface area contributed by atoms with Crippen LogP contribution < -0.4 is 5.14 Å². The molecular weight excluding hydrogens is 382 g/mol. The molecule has 0 spiro atoms. The lowest BCUT2D eigenvalue weighted by molar-refractivity contribution is 0.0681. The summed E-state index contributed by atoms with van der Waals surface area (Å²) >= 11 is 0. The van der Waals surface area contributed by atoms with Crippen molar-refractivity contribution in [3.63, 3.8) is 0 Å². The smallest absolute Gasteiger partial charge is 0.257 e. The van der Waals surface area contributed by atoms with Crippen molar-refractivity contribution >= 4 is 26.0 Å². The lowest BCUT2D eigenvalue weighted by atomic mass is 9.99. The average molecular weight is 405 g/mol. The van der Waals surface area contributed by atoms with Crippen LogP contribution in [0.5, 0.6) is 5.75 Å². The van der Waals surface area contributed by atoms with Crippen LogP contribution in [0.2, 0.25) is 0 Å². The summed E-state index contributed by atoms with van der Waals surface area (Å²) in [5.74, 6) is -1.39. The highest BCUT2D eigenvalue weighted by Crippen LogP contribution is 2.26. The summed E-state index contributed by atoms with van der Waals surface area (Å²) in [5, 5.41) is 15.1. The Bertz CT molecular complexity index is 896. The SMILES string of the molecule is CN(C)S(=O)(=O)c1ccc(O)c(C(=O)N2CCCC(CS(N)(=O)=O)C2)c1. The van der Waals surface area contributed by atoms with Crippen molar-refractivity contribution in [1.82, 2.24) is 9.21 Å². The largest absolute Gasteiger partial charge is 0.507 e. The Balaban J connectivity index is 2.29. The minimum atomic E-state index is -3.76. The third-order valence-electron chi connectivity index (χ3n) is 4.25. The van der Waals surface area contributed by atoms with E-state index in [9.17, 15) is 26.7 Å². The number of amides is 1. The van der Waals surface area contributed by atoms with Gasteiger partial charge in [-0.3, -0.25) is 4.79 Å². The first-order valence-corrected chi connectivity index (χ1v) is 11.1. The highest BCUT2D eigenvalue weighted by molar-refractivity contribution is 7.89. The molecule has 0 aliphatic carbocycles. The molecule has 0 saturated carbocycles. The summed E-state index contributed by atoms with van der Waals surface area (Å²) in [4.78, 5) is 14.1. The van der Waals surface area contributed by atoms with Gasteiger partial charge in [0.15, 0.2) is 0 Å². The van der Waals surface area contributed by atoms with E-state index in [1.807, 2.05) is 0 Å². The summed E-state index contributed by atoms with van der Waals surface area (Å²) in [6.07, 6.45) is 1.23. The van der Waals surface area contributed by atoms with E-state index in [1.54, 1.807) is 0 Å². The Morgan fingerprint density at radius 2 is 1.96 bits per heavy atom. The van der Waals surface area contributed by atoms with Gasteiger partial charge in [-0.2, -0.15) is 0 Å². The molecule has 2 rings (SSSR count). The minimum Gasteiger partial charge on any atom is -0.507 e. The van der Waals surface area contributed by atoms with Gasteiger partial charge in [-0.05, 0) is 37.0 Å². The predicted molar refractivity (Wildman–Crippen MR) is 95.6 cm³/mol. The number of rotatable bonds is 5. The molecule has 26 heavy (non-hydrogen) atoms. The Kier molecular flexibility index (Phi) is 5.95. The number of likely N-dealkylation sites (tertiary alicyclic amines) is 1. The second-order valence-electron chi connectivity index (χ2n) is 6.56. The number of sulfonamides is 2. The maximum absolute atomic E-state index is 12.8. The number of carbonyl (C=O) groups is 1. The third-order valence-corrected chi connectivity index (χ3v) is 7.00. The van der Waals surface area contributed by atoms with Gasteiger partial charge in [0.1, 0.15) is 5.75 Å². The van der Waals surface area contributed by atoms with E-state index in [-0.39, 0.29) is 34.4 Å². The van der Waals surface area contributed by atoms with Crippen molar-refractivity contribution in [2.24, 2.45) is 11.1 Å². The van der Waals surface area contributed by atoms with Crippen LogP contribution >= 0.6 is 0 Å². The van der Waals surface area contributed by atoms with Gasteiger partial charge < -0.3 is 10.0 Å². The molecule has 0 bridgehead atoms. The molecule has 0 aromatic heterocycles. The molecule has 0 radical (unpaired) electrons. The Morgan fingerprint density at radius 3 is 2.54 bits per heavy atom. The first-order chi connectivity index (χ1) is 11.9. The van der Waals surface area contributed by atoms with Crippen molar-refractivity contribution in [2.75, 3.05) is 32.9 Å². The number of carbonyl (C=O) groups excluding carboxylic acids is 1. The number of nitrogens with two attached hydrogens (primary N) is 1. The number of nitrogens with zero attached hydrogens (tertiary/aromatic N) is 2.